The van der Waals surface area contributed by atoms with E-state index in [1.807, 2.05) is 0 Å². The van der Waals surface area contributed by atoms with Crippen LogP contribution in [-0.2, 0) is 9.63 Å². The normalized spacial score (nSPS) is 20.4. The van der Waals surface area contributed by atoms with Gasteiger partial charge in [-0.15, -0.1) is 5.06 Å². The average Bonchev–Trinajstić information content (AvgIpc) is 2.25. The number of rotatable bonds is 1. The summed E-state index contributed by atoms with van der Waals surface area (Å²) in [5, 5.41) is 3.43. The summed E-state index contributed by atoms with van der Waals surface area (Å²) in [7, 11) is 0. The number of urea groups is 1. The predicted molar refractivity (Wildman–Crippen MR) is 60.7 cm³/mol. The molecular formula is C10H9BrN2O3. The molecule has 1 N–H and O–H groups in total. The Labute approximate surface area is 100 Å². The maximum Gasteiger partial charge on any atom is 0.356 e. The number of nitrogens with zero attached hydrogens (tertiary/aromatic N) is 1. The van der Waals surface area contributed by atoms with Gasteiger partial charge in [0.05, 0.1) is 5.69 Å². The fourth-order valence-corrected chi connectivity index (χ4v) is 1.52. The van der Waals surface area contributed by atoms with Crippen LogP contribution >= 0.6 is 15.9 Å². The standard InChI is InChI=1S/C10H9BrN2O3/c1-6-9(14)16-13(10(15)12-6)8-4-2-7(11)3-5-8/h2-6H,1H3,(H,12,15). The molecule has 1 saturated heterocycles. The molecule has 1 fully saturated rings. The van der Waals surface area contributed by atoms with Crippen molar-refractivity contribution in [3.8, 4) is 0 Å². The van der Waals surface area contributed by atoms with Crippen molar-refractivity contribution in [3.63, 3.8) is 0 Å². The van der Waals surface area contributed by atoms with E-state index in [1.54, 1.807) is 31.2 Å². The zero-order chi connectivity index (χ0) is 11.7. The van der Waals surface area contributed by atoms with Crippen molar-refractivity contribution in [1.29, 1.82) is 0 Å². The summed E-state index contributed by atoms with van der Waals surface area (Å²) in [5.41, 5.74) is 0.501. The van der Waals surface area contributed by atoms with Crippen molar-refractivity contribution in [1.82, 2.24) is 5.32 Å². The number of amides is 2. The van der Waals surface area contributed by atoms with Crippen molar-refractivity contribution >= 4 is 33.6 Å². The molecule has 2 rings (SSSR count). The maximum atomic E-state index is 11.6. The second kappa shape index (κ2) is 4.13. The van der Waals surface area contributed by atoms with E-state index in [9.17, 15) is 9.59 Å². The summed E-state index contributed by atoms with van der Waals surface area (Å²) in [6.07, 6.45) is 0. The third kappa shape index (κ3) is 2.01. The lowest BCUT2D eigenvalue weighted by Crippen LogP contribution is -2.55. The first-order valence-corrected chi connectivity index (χ1v) is 5.45. The number of hydrogen-bond donors (Lipinski definition) is 1. The first-order valence-electron chi connectivity index (χ1n) is 4.66. The Morgan fingerprint density at radius 3 is 2.56 bits per heavy atom. The number of carbonyl (C=O) groups is 2. The number of benzene rings is 1. The molecule has 1 aromatic carbocycles. The fraction of sp³-hybridized carbons (Fsp3) is 0.200. The van der Waals surface area contributed by atoms with Crippen LogP contribution in [0.1, 0.15) is 6.92 Å². The second-order valence-electron chi connectivity index (χ2n) is 3.35. The maximum absolute atomic E-state index is 11.6. The van der Waals surface area contributed by atoms with Crippen molar-refractivity contribution in [2.24, 2.45) is 0 Å². The molecule has 2 amide bonds. The zero-order valence-corrected chi connectivity index (χ0v) is 10.0. The lowest BCUT2D eigenvalue weighted by Gasteiger charge is -2.28. The summed E-state index contributed by atoms with van der Waals surface area (Å²) >= 11 is 3.28. The molecule has 16 heavy (non-hydrogen) atoms. The van der Waals surface area contributed by atoms with Crippen LogP contribution in [0.4, 0.5) is 10.5 Å². The van der Waals surface area contributed by atoms with Crippen molar-refractivity contribution in [2.75, 3.05) is 5.06 Å². The Bertz CT molecular complexity index is 432. The van der Waals surface area contributed by atoms with Crippen LogP contribution in [0.2, 0.25) is 0 Å². The molecule has 6 heteroatoms. The minimum absolute atomic E-state index is 0.450. The van der Waals surface area contributed by atoms with E-state index in [4.69, 9.17) is 4.84 Å². The molecule has 1 unspecified atom stereocenters. The third-order valence-electron chi connectivity index (χ3n) is 2.12. The van der Waals surface area contributed by atoms with E-state index in [0.29, 0.717) is 5.69 Å². The minimum Gasteiger partial charge on any atom is -0.329 e. The SMILES string of the molecule is CC1NC(=O)N(c2ccc(Br)cc2)OC1=O. The summed E-state index contributed by atoms with van der Waals surface area (Å²) < 4.78 is 0.883. The predicted octanol–water partition coefficient (Wildman–Crippen LogP) is 1.83. The molecule has 0 aromatic heterocycles. The highest BCUT2D eigenvalue weighted by Gasteiger charge is 2.31. The monoisotopic (exact) mass is 284 g/mol. The molecule has 1 atom stereocenters. The topological polar surface area (TPSA) is 58.6 Å². The van der Waals surface area contributed by atoms with Gasteiger partial charge < -0.3 is 10.2 Å². The Morgan fingerprint density at radius 1 is 1.31 bits per heavy atom. The van der Waals surface area contributed by atoms with Gasteiger partial charge >= 0.3 is 12.0 Å². The molecule has 0 spiro atoms. The largest absolute Gasteiger partial charge is 0.356 e. The number of anilines is 1. The van der Waals surface area contributed by atoms with Crippen LogP contribution in [0.25, 0.3) is 0 Å². The lowest BCUT2D eigenvalue weighted by molar-refractivity contribution is -0.147. The molecule has 1 aliphatic rings. The minimum atomic E-state index is -0.612. The van der Waals surface area contributed by atoms with Gasteiger partial charge in [0.2, 0.25) is 0 Å². The zero-order valence-electron chi connectivity index (χ0n) is 8.44. The van der Waals surface area contributed by atoms with Gasteiger partial charge in [0.15, 0.2) is 0 Å². The van der Waals surface area contributed by atoms with Gasteiger partial charge in [-0.3, -0.25) is 0 Å². The van der Waals surface area contributed by atoms with E-state index in [1.165, 1.54) is 0 Å². The highest BCUT2D eigenvalue weighted by atomic mass is 79.9. The van der Waals surface area contributed by atoms with Crippen molar-refractivity contribution < 1.29 is 14.4 Å². The number of carbonyl (C=O) groups excluding carboxylic acids is 2. The highest BCUT2D eigenvalue weighted by molar-refractivity contribution is 9.10. The van der Waals surface area contributed by atoms with Crippen molar-refractivity contribution in [3.05, 3.63) is 28.7 Å². The number of hydroxylamine groups is 1. The van der Waals surface area contributed by atoms with Crippen LogP contribution in [-0.4, -0.2) is 18.0 Å². The quantitative estimate of drug-likeness (QED) is 0.856. The molecule has 0 aliphatic carbocycles. The summed E-state index contributed by atoms with van der Waals surface area (Å²) in [5.74, 6) is -0.484. The third-order valence-corrected chi connectivity index (χ3v) is 2.65. The second-order valence-corrected chi connectivity index (χ2v) is 4.27. The molecule has 0 bridgehead atoms. The van der Waals surface area contributed by atoms with Gasteiger partial charge in [0.25, 0.3) is 0 Å². The molecule has 1 heterocycles. The van der Waals surface area contributed by atoms with Gasteiger partial charge in [-0.25, -0.2) is 9.59 Å². The van der Waals surface area contributed by atoms with Gasteiger partial charge in [0, 0.05) is 4.47 Å². The number of halogens is 1. The molecule has 0 radical (unpaired) electrons. The van der Waals surface area contributed by atoms with Gasteiger partial charge in [0.1, 0.15) is 6.04 Å². The molecule has 1 aliphatic heterocycles. The van der Waals surface area contributed by atoms with E-state index in [2.05, 4.69) is 21.2 Å². The Morgan fingerprint density at radius 2 is 1.94 bits per heavy atom. The molecule has 0 saturated carbocycles. The van der Waals surface area contributed by atoms with Gasteiger partial charge in [-0.1, -0.05) is 15.9 Å². The number of nitrogens with one attached hydrogen (secondary N) is 1. The number of hydrogen-bond acceptors (Lipinski definition) is 3. The highest BCUT2D eigenvalue weighted by Crippen LogP contribution is 2.20. The van der Waals surface area contributed by atoms with E-state index >= 15 is 0 Å². The van der Waals surface area contributed by atoms with E-state index in [-0.39, 0.29) is 0 Å². The summed E-state index contributed by atoms with van der Waals surface area (Å²) in [6.45, 7) is 1.57. The summed E-state index contributed by atoms with van der Waals surface area (Å²) in [6, 6.07) is 5.80. The molecular weight excluding hydrogens is 276 g/mol. The van der Waals surface area contributed by atoms with Gasteiger partial charge in [-0.2, -0.15) is 0 Å². The lowest BCUT2D eigenvalue weighted by atomic mass is 10.3. The van der Waals surface area contributed by atoms with Crippen LogP contribution in [0, 0.1) is 0 Å². The fourth-order valence-electron chi connectivity index (χ4n) is 1.26. The molecule has 84 valence electrons. The molecule has 5 nitrogen and oxygen atoms in total. The van der Waals surface area contributed by atoms with Crippen LogP contribution in [0.3, 0.4) is 0 Å². The first-order chi connectivity index (χ1) is 7.58. The van der Waals surface area contributed by atoms with Crippen LogP contribution in [0.15, 0.2) is 28.7 Å². The van der Waals surface area contributed by atoms with Crippen LogP contribution in [0.5, 0.6) is 0 Å². The summed E-state index contributed by atoms with van der Waals surface area (Å²) in [4.78, 5) is 27.8. The Balaban J connectivity index is 2.24. The Hall–Kier alpha value is -1.56. The molecule has 1 aromatic rings. The smallest absolute Gasteiger partial charge is 0.329 e. The first kappa shape index (κ1) is 10.9. The van der Waals surface area contributed by atoms with E-state index in [0.717, 1.165) is 9.54 Å². The van der Waals surface area contributed by atoms with E-state index < -0.39 is 18.0 Å². The van der Waals surface area contributed by atoms with Crippen LogP contribution < -0.4 is 10.4 Å². The van der Waals surface area contributed by atoms with Gasteiger partial charge in [-0.05, 0) is 31.2 Å². The average molecular weight is 285 g/mol. The Kier molecular flexibility index (Phi) is 2.82. The van der Waals surface area contributed by atoms with Crippen molar-refractivity contribution in [2.45, 2.75) is 13.0 Å².